The third-order valence-electron chi connectivity index (χ3n) is 5.00. The number of halogens is 1. The SMILES string of the molecule is CC(C)(C)C(O[SiH3])(c1ccccc1)c1ccccc1-c1ccc(Br)cc1. The van der Waals surface area contributed by atoms with Gasteiger partial charge >= 0.3 is 0 Å². The molecule has 0 bridgehead atoms. The Morgan fingerprint density at radius 1 is 0.769 bits per heavy atom. The monoisotopic (exact) mass is 424 g/mol. The molecule has 1 unspecified atom stereocenters. The molecule has 134 valence electrons. The minimum Gasteiger partial charge on any atom is -0.414 e. The van der Waals surface area contributed by atoms with E-state index < -0.39 is 5.60 Å². The zero-order chi connectivity index (χ0) is 18.8. The molecule has 0 fully saturated rings. The van der Waals surface area contributed by atoms with Gasteiger partial charge in [-0.15, -0.1) is 0 Å². The van der Waals surface area contributed by atoms with Crippen LogP contribution in [0.2, 0.25) is 0 Å². The first kappa shape index (κ1) is 19.1. The number of rotatable bonds is 4. The summed E-state index contributed by atoms with van der Waals surface area (Å²) in [6.45, 7) is 6.78. The average Bonchev–Trinajstić information content (AvgIpc) is 2.64. The molecule has 0 aliphatic carbocycles. The predicted octanol–water partition coefficient (Wildman–Crippen LogP) is 5.70. The van der Waals surface area contributed by atoms with Gasteiger partial charge in [0, 0.05) is 4.47 Å². The Kier molecular flexibility index (Phi) is 5.52. The molecule has 3 heteroatoms. The van der Waals surface area contributed by atoms with Gasteiger partial charge in [-0.3, -0.25) is 0 Å². The summed E-state index contributed by atoms with van der Waals surface area (Å²) in [4.78, 5) is 0. The molecular weight excluding hydrogens is 400 g/mol. The third kappa shape index (κ3) is 3.31. The Hall–Kier alpha value is -1.68. The molecule has 1 atom stereocenters. The minimum atomic E-state index is -0.496. The minimum absolute atomic E-state index is 0.110. The molecule has 0 saturated heterocycles. The second kappa shape index (κ2) is 7.51. The Labute approximate surface area is 168 Å². The summed E-state index contributed by atoms with van der Waals surface area (Å²) in [6.07, 6.45) is 0. The molecule has 26 heavy (non-hydrogen) atoms. The van der Waals surface area contributed by atoms with Crippen molar-refractivity contribution in [3.8, 4) is 11.1 Å². The van der Waals surface area contributed by atoms with Crippen molar-refractivity contribution in [3.05, 3.63) is 94.5 Å². The molecular formula is C23H25BrOSi. The van der Waals surface area contributed by atoms with E-state index in [9.17, 15) is 0 Å². The maximum absolute atomic E-state index is 6.49. The summed E-state index contributed by atoms with van der Waals surface area (Å²) in [5.74, 6) is 0. The zero-order valence-corrected chi connectivity index (χ0v) is 19.4. The summed E-state index contributed by atoms with van der Waals surface area (Å²) in [5, 5.41) is 0. The molecule has 0 amide bonds. The van der Waals surface area contributed by atoms with Crippen molar-refractivity contribution in [1.82, 2.24) is 0 Å². The molecule has 3 aromatic rings. The zero-order valence-electron chi connectivity index (χ0n) is 15.8. The number of benzene rings is 3. The quantitative estimate of drug-likeness (QED) is 0.487. The smallest absolute Gasteiger partial charge is 0.147 e. The summed E-state index contributed by atoms with van der Waals surface area (Å²) in [6, 6.07) is 27.8. The van der Waals surface area contributed by atoms with Crippen molar-refractivity contribution < 1.29 is 4.43 Å². The Morgan fingerprint density at radius 3 is 1.92 bits per heavy atom. The summed E-state index contributed by atoms with van der Waals surface area (Å²) >= 11 is 3.54. The number of hydrogen-bond donors (Lipinski definition) is 0. The van der Waals surface area contributed by atoms with E-state index in [0.29, 0.717) is 10.5 Å². The van der Waals surface area contributed by atoms with Crippen LogP contribution in [-0.2, 0) is 10.0 Å². The van der Waals surface area contributed by atoms with Crippen LogP contribution in [0.5, 0.6) is 0 Å². The largest absolute Gasteiger partial charge is 0.414 e. The molecule has 3 aromatic carbocycles. The van der Waals surface area contributed by atoms with Crippen LogP contribution in [0.4, 0.5) is 0 Å². The lowest BCUT2D eigenvalue weighted by atomic mass is 9.67. The van der Waals surface area contributed by atoms with Gasteiger partial charge in [0.05, 0.1) is 0 Å². The summed E-state index contributed by atoms with van der Waals surface area (Å²) in [5.41, 5.74) is 4.23. The average molecular weight is 425 g/mol. The van der Waals surface area contributed by atoms with E-state index in [0.717, 1.165) is 4.47 Å². The lowest BCUT2D eigenvalue weighted by Crippen LogP contribution is -2.43. The highest BCUT2D eigenvalue weighted by molar-refractivity contribution is 9.10. The summed E-state index contributed by atoms with van der Waals surface area (Å²) < 4.78 is 7.58. The first-order valence-electron chi connectivity index (χ1n) is 8.86. The normalized spacial score (nSPS) is 14.2. The highest BCUT2D eigenvalue weighted by atomic mass is 79.9. The van der Waals surface area contributed by atoms with Crippen molar-refractivity contribution in [2.24, 2.45) is 5.41 Å². The molecule has 0 saturated carbocycles. The molecule has 0 N–H and O–H groups in total. The van der Waals surface area contributed by atoms with E-state index >= 15 is 0 Å². The number of hydrogen-bond acceptors (Lipinski definition) is 1. The van der Waals surface area contributed by atoms with Crippen molar-refractivity contribution in [2.75, 3.05) is 0 Å². The second-order valence-electron chi connectivity index (χ2n) is 7.55. The Balaban J connectivity index is 2.32. The first-order chi connectivity index (χ1) is 12.4. The van der Waals surface area contributed by atoms with Crippen LogP contribution < -0.4 is 0 Å². The molecule has 1 nitrogen and oxygen atoms in total. The van der Waals surface area contributed by atoms with E-state index in [1.54, 1.807) is 0 Å². The van der Waals surface area contributed by atoms with Crippen LogP contribution >= 0.6 is 15.9 Å². The van der Waals surface area contributed by atoms with Gasteiger partial charge in [-0.1, -0.05) is 103 Å². The molecule has 3 rings (SSSR count). The highest BCUT2D eigenvalue weighted by Crippen LogP contribution is 2.50. The highest BCUT2D eigenvalue weighted by Gasteiger charge is 2.46. The van der Waals surface area contributed by atoms with Gasteiger partial charge in [-0.25, -0.2) is 0 Å². The molecule has 0 aliphatic rings. The van der Waals surface area contributed by atoms with E-state index in [-0.39, 0.29) is 5.41 Å². The van der Waals surface area contributed by atoms with Crippen molar-refractivity contribution in [3.63, 3.8) is 0 Å². The predicted molar refractivity (Wildman–Crippen MR) is 117 cm³/mol. The van der Waals surface area contributed by atoms with Gasteiger partial charge in [0.1, 0.15) is 16.1 Å². The van der Waals surface area contributed by atoms with Gasteiger partial charge in [-0.05, 0) is 39.8 Å². The second-order valence-corrected chi connectivity index (χ2v) is 8.88. The van der Waals surface area contributed by atoms with Gasteiger partial charge in [0.2, 0.25) is 0 Å². The molecule has 0 aromatic heterocycles. The van der Waals surface area contributed by atoms with E-state index in [1.165, 1.54) is 22.3 Å². The Bertz CT molecular complexity index is 869. The molecule has 0 heterocycles. The fourth-order valence-corrected chi connectivity index (χ4v) is 5.20. The van der Waals surface area contributed by atoms with Gasteiger partial charge in [0.25, 0.3) is 0 Å². The third-order valence-corrected chi connectivity index (χ3v) is 6.15. The van der Waals surface area contributed by atoms with Crippen LogP contribution in [0.15, 0.2) is 83.3 Å². The van der Waals surface area contributed by atoms with Crippen molar-refractivity contribution in [1.29, 1.82) is 0 Å². The molecule has 0 aliphatic heterocycles. The lowest BCUT2D eigenvalue weighted by Gasteiger charge is -2.46. The standard InChI is InChI=1S/C23H25BrOSi/c1-22(2,3)23(25-26,18-9-5-4-6-10-18)21-12-8-7-11-20(21)17-13-15-19(24)16-14-17/h4-16H,1-3,26H3. The van der Waals surface area contributed by atoms with Crippen LogP contribution in [0.25, 0.3) is 11.1 Å². The Morgan fingerprint density at radius 2 is 1.35 bits per heavy atom. The van der Waals surface area contributed by atoms with E-state index in [4.69, 9.17) is 4.43 Å². The topological polar surface area (TPSA) is 9.23 Å². The fourth-order valence-electron chi connectivity index (χ4n) is 3.87. The summed E-state index contributed by atoms with van der Waals surface area (Å²) in [7, 11) is 0.648. The maximum Gasteiger partial charge on any atom is 0.147 e. The van der Waals surface area contributed by atoms with Crippen molar-refractivity contribution >= 4 is 26.4 Å². The molecule has 0 spiro atoms. The molecule has 0 radical (unpaired) electrons. The lowest BCUT2D eigenvalue weighted by molar-refractivity contribution is 0.00728. The van der Waals surface area contributed by atoms with Crippen LogP contribution in [0, 0.1) is 5.41 Å². The van der Waals surface area contributed by atoms with Gasteiger partial charge < -0.3 is 4.43 Å². The van der Waals surface area contributed by atoms with E-state index in [2.05, 4.69) is 116 Å². The fraction of sp³-hybridized carbons (Fsp3) is 0.217. The van der Waals surface area contributed by atoms with Crippen LogP contribution in [0.3, 0.4) is 0 Å². The van der Waals surface area contributed by atoms with Crippen molar-refractivity contribution in [2.45, 2.75) is 26.4 Å². The maximum atomic E-state index is 6.49. The van der Waals surface area contributed by atoms with E-state index in [1.807, 2.05) is 0 Å². The van der Waals surface area contributed by atoms with Crippen LogP contribution in [-0.4, -0.2) is 10.5 Å². The van der Waals surface area contributed by atoms with Gasteiger partial charge in [-0.2, -0.15) is 0 Å². The first-order valence-corrected chi connectivity index (χ1v) is 10.5. The van der Waals surface area contributed by atoms with Crippen LogP contribution in [0.1, 0.15) is 31.9 Å². The van der Waals surface area contributed by atoms with Gasteiger partial charge in [0.15, 0.2) is 0 Å².